The number of nitrogens with one attached hydrogen (secondary N) is 1. The molecular formula is C12H17N5. The Labute approximate surface area is 100 Å². The Morgan fingerprint density at radius 2 is 2.35 bits per heavy atom. The van der Waals surface area contributed by atoms with Gasteiger partial charge in [-0.3, -0.25) is 9.25 Å². The Morgan fingerprint density at radius 1 is 1.47 bits per heavy atom. The zero-order chi connectivity index (χ0) is 11.8. The maximum atomic E-state index is 4.72. The topological polar surface area (TPSA) is 47.7 Å². The van der Waals surface area contributed by atoms with Crippen molar-refractivity contribution in [3.05, 3.63) is 29.6 Å². The largest absolute Gasteiger partial charge is 0.311 e. The third-order valence-corrected chi connectivity index (χ3v) is 3.22. The first-order valence-corrected chi connectivity index (χ1v) is 6.08. The second-order valence-electron chi connectivity index (χ2n) is 4.41. The third kappa shape index (κ3) is 1.67. The SMILES string of the molecule is CCc1nc2c(n1-c1cnn(C)c1)CCNC2. The summed E-state index contributed by atoms with van der Waals surface area (Å²) in [4.78, 5) is 4.72. The van der Waals surface area contributed by atoms with Crippen molar-refractivity contribution in [2.24, 2.45) is 7.05 Å². The first-order valence-electron chi connectivity index (χ1n) is 6.08. The molecule has 90 valence electrons. The van der Waals surface area contributed by atoms with E-state index < -0.39 is 0 Å². The Bertz CT molecular complexity index is 537. The van der Waals surface area contributed by atoms with Crippen LogP contribution in [0.1, 0.15) is 24.1 Å². The van der Waals surface area contributed by atoms with Crippen molar-refractivity contribution in [1.82, 2.24) is 24.6 Å². The molecule has 1 aliphatic heterocycles. The Balaban J connectivity index is 2.16. The van der Waals surface area contributed by atoms with Crippen LogP contribution in [-0.4, -0.2) is 25.9 Å². The lowest BCUT2D eigenvalue weighted by Crippen LogP contribution is -2.24. The minimum Gasteiger partial charge on any atom is -0.311 e. The number of hydrogen-bond donors (Lipinski definition) is 1. The fourth-order valence-corrected chi connectivity index (χ4v) is 2.43. The van der Waals surface area contributed by atoms with Gasteiger partial charge in [0, 0.05) is 44.9 Å². The van der Waals surface area contributed by atoms with Gasteiger partial charge in [-0.1, -0.05) is 6.92 Å². The van der Waals surface area contributed by atoms with Crippen molar-refractivity contribution in [2.45, 2.75) is 26.3 Å². The fraction of sp³-hybridized carbons (Fsp3) is 0.500. The Morgan fingerprint density at radius 3 is 3.06 bits per heavy atom. The number of aryl methyl sites for hydroxylation is 2. The van der Waals surface area contributed by atoms with Gasteiger partial charge in [0.15, 0.2) is 0 Å². The summed E-state index contributed by atoms with van der Waals surface area (Å²) in [5.41, 5.74) is 3.66. The van der Waals surface area contributed by atoms with Crippen LogP contribution in [0.4, 0.5) is 0 Å². The Kier molecular flexibility index (Phi) is 2.48. The van der Waals surface area contributed by atoms with Crippen molar-refractivity contribution in [3.63, 3.8) is 0 Å². The summed E-state index contributed by atoms with van der Waals surface area (Å²) in [5.74, 6) is 1.13. The van der Waals surface area contributed by atoms with Gasteiger partial charge in [0.1, 0.15) is 5.82 Å². The number of hydrogen-bond acceptors (Lipinski definition) is 3. The normalized spacial score (nSPS) is 14.9. The second kappa shape index (κ2) is 4.00. The van der Waals surface area contributed by atoms with Gasteiger partial charge in [-0.05, 0) is 0 Å². The van der Waals surface area contributed by atoms with Crippen LogP contribution in [0.25, 0.3) is 5.69 Å². The number of aromatic nitrogens is 4. The van der Waals surface area contributed by atoms with Gasteiger partial charge in [-0.15, -0.1) is 0 Å². The van der Waals surface area contributed by atoms with Crippen LogP contribution in [0.15, 0.2) is 12.4 Å². The van der Waals surface area contributed by atoms with E-state index in [1.54, 1.807) is 0 Å². The molecule has 0 aromatic carbocycles. The maximum Gasteiger partial charge on any atom is 0.113 e. The van der Waals surface area contributed by atoms with Crippen molar-refractivity contribution in [1.29, 1.82) is 0 Å². The van der Waals surface area contributed by atoms with Gasteiger partial charge >= 0.3 is 0 Å². The lowest BCUT2D eigenvalue weighted by molar-refractivity contribution is 0.620. The average molecular weight is 231 g/mol. The molecule has 0 fully saturated rings. The zero-order valence-corrected chi connectivity index (χ0v) is 10.3. The molecule has 0 atom stereocenters. The van der Waals surface area contributed by atoms with Crippen LogP contribution in [0, 0.1) is 0 Å². The monoisotopic (exact) mass is 231 g/mol. The molecule has 3 rings (SSSR count). The van der Waals surface area contributed by atoms with Gasteiger partial charge < -0.3 is 5.32 Å². The highest BCUT2D eigenvalue weighted by atomic mass is 15.3. The summed E-state index contributed by atoms with van der Waals surface area (Å²) < 4.78 is 4.10. The highest BCUT2D eigenvalue weighted by Crippen LogP contribution is 2.21. The molecule has 0 aliphatic carbocycles. The van der Waals surface area contributed by atoms with E-state index in [1.165, 1.54) is 11.4 Å². The lowest BCUT2D eigenvalue weighted by atomic mass is 10.2. The second-order valence-corrected chi connectivity index (χ2v) is 4.41. The zero-order valence-electron chi connectivity index (χ0n) is 10.3. The molecule has 0 amide bonds. The van der Waals surface area contributed by atoms with Gasteiger partial charge in [0.05, 0.1) is 17.6 Å². The molecule has 1 N–H and O–H groups in total. The van der Waals surface area contributed by atoms with E-state index in [-0.39, 0.29) is 0 Å². The molecule has 0 bridgehead atoms. The van der Waals surface area contributed by atoms with Gasteiger partial charge in [0.25, 0.3) is 0 Å². The van der Waals surface area contributed by atoms with Crippen molar-refractivity contribution < 1.29 is 0 Å². The molecule has 0 saturated heterocycles. The van der Waals surface area contributed by atoms with Gasteiger partial charge in [0.2, 0.25) is 0 Å². The third-order valence-electron chi connectivity index (χ3n) is 3.22. The van der Waals surface area contributed by atoms with Crippen LogP contribution >= 0.6 is 0 Å². The molecule has 0 unspecified atom stereocenters. The van der Waals surface area contributed by atoms with Gasteiger partial charge in [-0.2, -0.15) is 5.10 Å². The molecule has 1 aliphatic rings. The van der Waals surface area contributed by atoms with Crippen molar-refractivity contribution in [2.75, 3.05) is 6.54 Å². The van der Waals surface area contributed by atoms with Gasteiger partial charge in [-0.25, -0.2) is 4.98 Å². The molecule has 3 heterocycles. The first-order chi connectivity index (χ1) is 8.29. The number of nitrogens with zero attached hydrogens (tertiary/aromatic N) is 4. The molecule has 0 saturated carbocycles. The lowest BCUT2D eigenvalue weighted by Gasteiger charge is -2.14. The molecule has 5 nitrogen and oxygen atoms in total. The molecule has 0 radical (unpaired) electrons. The molecule has 0 spiro atoms. The Hall–Kier alpha value is -1.62. The molecule has 5 heteroatoms. The summed E-state index contributed by atoms with van der Waals surface area (Å²) >= 11 is 0. The van der Waals surface area contributed by atoms with Crippen LogP contribution in [0.3, 0.4) is 0 Å². The standard InChI is InChI=1S/C12H17N5/c1-3-12-15-10-7-13-5-4-11(10)17(12)9-6-14-16(2)8-9/h6,8,13H,3-5,7H2,1-2H3. The molecular weight excluding hydrogens is 214 g/mol. The van der Waals surface area contributed by atoms with E-state index in [1.807, 2.05) is 24.1 Å². The van der Waals surface area contributed by atoms with Crippen molar-refractivity contribution >= 4 is 0 Å². The quantitative estimate of drug-likeness (QED) is 0.832. The van der Waals surface area contributed by atoms with E-state index in [2.05, 4.69) is 21.9 Å². The fourth-order valence-electron chi connectivity index (χ4n) is 2.43. The van der Waals surface area contributed by atoms with Crippen LogP contribution in [-0.2, 0) is 26.4 Å². The minimum atomic E-state index is 0.885. The predicted octanol–water partition coefficient (Wildman–Crippen LogP) is 0.814. The number of fused-ring (bicyclic) bond motifs is 1. The smallest absolute Gasteiger partial charge is 0.113 e. The van der Waals surface area contributed by atoms with Crippen molar-refractivity contribution in [3.8, 4) is 5.69 Å². The highest BCUT2D eigenvalue weighted by molar-refractivity contribution is 5.35. The van der Waals surface area contributed by atoms with E-state index >= 15 is 0 Å². The van der Waals surface area contributed by atoms with E-state index in [9.17, 15) is 0 Å². The highest BCUT2D eigenvalue weighted by Gasteiger charge is 2.20. The predicted molar refractivity (Wildman–Crippen MR) is 65.1 cm³/mol. The van der Waals surface area contributed by atoms with Crippen LogP contribution < -0.4 is 5.32 Å². The van der Waals surface area contributed by atoms with Crippen LogP contribution in [0.5, 0.6) is 0 Å². The first kappa shape index (κ1) is 10.5. The number of imidazole rings is 1. The summed E-state index contributed by atoms with van der Waals surface area (Å²) in [5, 5.41) is 7.61. The number of rotatable bonds is 2. The maximum absolute atomic E-state index is 4.72. The molecule has 2 aromatic rings. The minimum absolute atomic E-state index is 0.885. The summed E-state index contributed by atoms with van der Waals surface area (Å²) in [7, 11) is 1.94. The average Bonchev–Trinajstić information content (AvgIpc) is 2.91. The van der Waals surface area contributed by atoms with E-state index in [4.69, 9.17) is 4.98 Å². The summed E-state index contributed by atoms with van der Waals surface area (Å²) in [6.45, 7) is 4.06. The summed E-state index contributed by atoms with van der Waals surface area (Å²) in [6, 6.07) is 0. The van der Waals surface area contributed by atoms with E-state index in [0.29, 0.717) is 0 Å². The van der Waals surface area contributed by atoms with E-state index in [0.717, 1.165) is 37.4 Å². The van der Waals surface area contributed by atoms with Crippen LogP contribution in [0.2, 0.25) is 0 Å². The molecule has 17 heavy (non-hydrogen) atoms. The summed E-state index contributed by atoms with van der Waals surface area (Å²) in [6.07, 6.45) is 5.94. The molecule has 2 aromatic heterocycles.